The van der Waals surface area contributed by atoms with E-state index in [1.807, 2.05) is 24.3 Å². The molecule has 7 heteroatoms. The quantitative estimate of drug-likeness (QED) is 0.765. The first-order chi connectivity index (χ1) is 11.8. The Balaban J connectivity index is 1.40. The number of hydrogen-bond acceptors (Lipinski definition) is 6. The Hall–Kier alpha value is -2.57. The van der Waals surface area contributed by atoms with E-state index in [9.17, 15) is 0 Å². The number of aromatic nitrogens is 1. The second-order valence-electron chi connectivity index (χ2n) is 5.55. The number of guanidine groups is 1. The van der Waals surface area contributed by atoms with Crippen LogP contribution in [0.1, 0.15) is 5.56 Å². The molecule has 0 amide bonds. The van der Waals surface area contributed by atoms with Crippen molar-refractivity contribution in [3.05, 3.63) is 59.1 Å². The number of anilines is 1. The van der Waals surface area contributed by atoms with Crippen molar-refractivity contribution in [2.45, 2.75) is 6.54 Å². The van der Waals surface area contributed by atoms with Crippen LogP contribution in [0.15, 0.2) is 57.9 Å². The van der Waals surface area contributed by atoms with Crippen LogP contribution in [0.3, 0.4) is 0 Å². The molecule has 0 atom stereocenters. The molecule has 2 N–H and O–H groups in total. The van der Waals surface area contributed by atoms with Crippen molar-refractivity contribution >= 4 is 34.7 Å². The molecular weight excluding hydrogens is 326 g/mol. The number of aliphatic imine (C=N–C) groups is 1. The van der Waals surface area contributed by atoms with Gasteiger partial charge in [-0.05, 0) is 17.7 Å². The fourth-order valence-corrected chi connectivity index (χ4v) is 2.71. The van der Waals surface area contributed by atoms with E-state index in [4.69, 9.17) is 16.0 Å². The predicted molar refractivity (Wildman–Crippen MR) is 94.9 cm³/mol. The highest BCUT2D eigenvalue weighted by Gasteiger charge is 2.14. The Morgan fingerprint density at radius 1 is 1.21 bits per heavy atom. The Kier molecular flexibility index (Phi) is 4.06. The number of hydrogen-bond donors (Lipinski definition) is 2. The van der Waals surface area contributed by atoms with Gasteiger partial charge < -0.3 is 9.73 Å². The minimum atomic E-state index is 0.398. The summed E-state index contributed by atoms with van der Waals surface area (Å²) in [6, 6.07) is 16.1. The van der Waals surface area contributed by atoms with Gasteiger partial charge >= 0.3 is 6.01 Å². The van der Waals surface area contributed by atoms with Crippen molar-refractivity contribution < 1.29 is 4.42 Å². The summed E-state index contributed by atoms with van der Waals surface area (Å²) in [5.74, 6) is 0.650. The first-order valence-corrected chi connectivity index (χ1v) is 8.02. The summed E-state index contributed by atoms with van der Waals surface area (Å²) < 4.78 is 5.63. The lowest BCUT2D eigenvalue weighted by Crippen LogP contribution is -2.45. The molecule has 0 aliphatic carbocycles. The SMILES string of the molecule is Clc1ccc2nc(NC3=NCN(Cc4ccccc4)CN3)oc2c1. The average Bonchev–Trinajstić information content (AvgIpc) is 2.99. The van der Waals surface area contributed by atoms with E-state index in [1.165, 1.54) is 5.56 Å². The number of benzene rings is 2. The van der Waals surface area contributed by atoms with Crippen LogP contribution in [0.5, 0.6) is 0 Å². The molecule has 0 unspecified atom stereocenters. The molecule has 122 valence electrons. The van der Waals surface area contributed by atoms with E-state index in [-0.39, 0.29) is 0 Å². The maximum Gasteiger partial charge on any atom is 0.302 e. The van der Waals surface area contributed by atoms with E-state index in [0.29, 0.717) is 35.9 Å². The summed E-state index contributed by atoms with van der Waals surface area (Å²) in [5, 5.41) is 6.92. The van der Waals surface area contributed by atoms with Gasteiger partial charge in [0, 0.05) is 17.6 Å². The third-order valence-electron chi connectivity index (χ3n) is 3.72. The first-order valence-electron chi connectivity index (χ1n) is 7.64. The zero-order chi connectivity index (χ0) is 16.4. The summed E-state index contributed by atoms with van der Waals surface area (Å²) in [6.45, 7) is 2.16. The van der Waals surface area contributed by atoms with Gasteiger partial charge in [0.05, 0.1) is 13.3 Å². The molecule has 0 saturated heterocycles. The van der Waals surface area contributed by atoms with Crippen molar-refractivity contribution in [2.75, 3.05) is 18.7 Å². The molecular formula is C17H16ClN5O. The average molecular weight is 342 g/mol. The second-order valence-corrected chi connectivity index (χ2v) is 5.99. The Labute approximate surface area is 144 Å². The van der Waals surface area contributed by atoms with Crippen molar-refractivity contribution in [3.8, 4) is 0 Å². The number of halogens is 1. The normalized spacial score (nSPS) is 15.1. The Bertz CT molecular complexity index is 877. The zero-order valence-corrected chi connectivity index (χ0v) is 13.6. The zero-order valence-electron chi connectivity index (χ0n) is 12.9. The van der Waals surface area contributed by atoms with Crippen molar-refractivity contribution in [3.63, 3.8) is 0 Å². The molecule has 4 rings (SSSR count). The first kappa shape index (κ1) is 15.0. The molecule has 6 nitrogen and oxygen atoms in total. The molecule has 0 radical (unpaired) electrons. The maximum absolute atomic E-state index is 5.95. The Morgan fingerprint density at radius 3 is 2.88 bits per heavy atom. The van der Waals surface area contributed by atoms with E-state index in [2.05, 4.69) is 37.6 Å². The van der Waals surface area contributed by atoms with Crippen LogP contribution in [0.4, 0.5) is 6.01 Å². The molecule has 2 heterocycles. The molecule has 0 saturated carbocycles. The van der Waals surface area contributed by atoms with Gasteiger partial charge in [-0.25, -0.2) is 4.99 Å². The highest BCUT2D eigenvalue weighted by molar-refractivity contribution is 6.31. The topological polar surface area (TPSA) is 65.7 Å². The highest BCUT2D eigenvalue weighted by Crippen LogP contribution is 2.22. The smallest absolute Gasteiger partial charge is 0.302 e. The molecule has 1 aliphatic rings. The van der Waals surface area contributed by atoms with Crippen LogP contribution >= 0.6 is 11.6 Å². The standard InChI is InChI=1S/C17H16ClN5O/c18-13-6-7-14-15(8-13)24-17(21-14)22-16-19-10-23(11-20-16)9-12-4-2-1-3-5-12/h1-8H,9-11H2,(H2,19,20,21,22). The van der Waals surface area contributed by atoms with Gasteiger partial charge in [-0.1, -0.05) is 41.9 Å². The van der Waals surface area contributed by atoms with E-state index < -0.39 is 0 Å². The molecule has 0 spiro atoms. The molecule has 24 heavy (non-hydrogen) atoms. The molecule has 1 aromatic heterocycles. The van der Waals surface area contributed by atoms with Crippen LogP contribution < -0.4 is 10.6 Å². The third-order valence-corrected chi connectivity index (χ3v) is 3.96. The lowest BCUT2D eigenvalue weighted by atomic mass is 10.2. The van der Waals surface area contributed by atoms with E-state index >= 15 is 0 Å². The summed E-state index contributed by atoms with van der Waals surface area (Å²) in [4.78, 5) is 11.0. The van der Waals surface area contributed by atoms with Crippen molar-refractivity contribution in [1.82, 2.24) is 15.2 Å². The second kappa shape index (κ2) is 6.51. The number of rotatable bonds is 3. The highest BCUT2D eigenvalue weighted by atomic mass is 35.5. The maximum atomic E-state index is 5.95. The van der Waals surface area contributed by atoms with Gasteiger partial charge in [-0.2, -0.15) is 4.98 Å². The Morgan fingerprint density at radius 2 is 2.08 bits per heavy atom. The van der Waals surface area contributed by atoms with E-state index in [1.54, 1.807) is 12.1 Å². The summed E-state index contributed by atoms with van der Waals surface area (Å²) in [6.07, 6.45) is 0. The van der Waals surface area contributed by atoms with Gasteiger partial charge in [-0.3, -0.25) is 10.2 Å². The van der Waals surface area contributed by atoms with Crippen LogP contribution in [-0.2, 0) is 6.54 Å². The molecule has 0 fully saturated rings. The van der Waals surface area contributed by atoms with Gasteiger partial charge in [0.15, 0.2) is 5.58 Å². The number of nitrogens with zero attached hydrogens (tertiary/aromatic N) is 3. The fraction of sp³-hybridized carbons (Fsp3) is 0.176. The lowest BCUT2D eigenvalue weighted by molar-refractivity contribution is 0.256. The fourth-order valence-electron chi connectivity index (χ4n) is 2.55. The minimum absolute atomic E-state index is 0.398. The van der Waals surface area contributed by atoms with E-state index in [0.717, 1.165) is 12.1 Å². The van der Waals surface area contributed by atoms with Crippen LogP contribution in [-0.4, -0.2) is 29.2 Å². The number of oxazole rings is 1. The van der Waals surface area contributed by atoms with Crippen molar-refractivity contribution in [2.24, 2.45) is 4.99 Å². The minimum Gasteiger partial charge on any atom is -0.423 e. The number of fused-ring (bicyclic) bond motifs is 1. The molecule has 1 aliphatic heterocycles. The summed E-state index contributed by atoms with van der Waals surface area (Å²) >= 11 is 5.95. The van der Waals surface area contributed by atoms with Crippen LogP contribution in [0, 0.1) is 0 Å². The molecule has 2 aromatic carbocycles. The van der Waals surface area contributed by atoms with Gasteiger partial charge in [-0.15, -0.1) is 0 Å². The van der Waals surface area contributed by atoms with Gasteiger partial charge in [0.2, 0.25) is 5.96 Å². The summed E-state index contributed by atoms with van der Waals surface area (Å²) in [5.41, 5.74) is 2.66. The van der Waals surface area contributed by atoms with Crippen LogP contribution in [0.25, 0.3) is 11.1 Å². The predicted octanol–water partition coefficient (Wildman–Crippen LogP) is 3.27. The molecule has 0 bridgehead atoms. The summed E-state index contributed by atoms with van der Waals surface area (Å²) in [7, 11) is 0. The van der Waals surface area contributed by atoms with Crippen molar-refractivity contribution in [1.29, 1.82) is 0 Å². The monoisotopic (exact) mass is 341 g/mol. The molecule has 3 aromatic rings. The number of nitrogens with one attached hydrogen (secondary N) is 2. The third kappa shape index (κ3) is 3.34. The lowest BCUT2D eigenvalue weighted by Gasteiger charge is -2.26. The van der Waals surface area contributed by atoms with Gasteiger partial charge in [0.1, 0.15) is 5.52 Å². The van der Waals surface area contributed by atoms with Crippen LogP contribution in [0.2, 0.25) is 5.02 Å². The largest absolute Gasteiger partial charge is 0.423 e. The van der Waals surface area contributed by atoms with Gasteiger partial charge in [0.25, 0.3) is 0 Å².